The zero-order chi connectivity index (χ0) is 19.6. The van der Waals surface area contributed by atoms with Crippen LogP contribution in [0.25, 0.3) is 10.1 Å². The van der Waals surface area contributed by atoms with Crippen LogP contribution in [0.5, 0.6) is 0 Å². The zero-order valence-corrected chi connectivity index (χ0v) is 16.3. The summed E-state index contributed by atoms with van der Waals surface area (Å²) in [5.74, 6) is -1.51. The van der Waals surface area contributed by atoms with Crippen LogP contribution in [0.15, 0.2) is 30.3 Å². The van der Waals surface area contributed by atoms with Crippen LogP contribution in [0.1, 0.15) is 36.7 Å². The molecule has 0 aliphatic rings. The second-order valence-electron chi connectivity index (χ2n) is 5.84. The Morgan fingerprint density at radius 3 is 2.63 bits per heavy atom. The quantitative estimate of drug-likeness (QED) is 0.495. The summed E-state index contributed by atoms with van der Waals surface area (Å²) in [5, 5.41) is 3.06. The molecule has 0 aliphatic heterocycles. The molecule has 0 bridgehead atoms. The fraction of sp³-hybridized carbons (Fsp3) is 0.211. The number of hydrogen-bond acceptors (Lipinski definition) is 6. The normalized spacial score (nSPS) is 10.8. The Morgan fingerprint density at radius 2 is 1.93 bits per heavy atom. The third-order valence-corrected chi connectivity index (χ3v) is 6.23. The standard InChI is InChI=1S/C19H16FNO4S2/c1-10-17-13(20)4-3-5-16(17)27-18(10)19(24)25-9-14(23)15-7-6-12(26-15)8-21-11(2)22/h3-7H,8-9H2,1-2H3,(H,21,22). The number of hydrogen-bond donors (Lipinski definition) is 1. The van der Waals surface area contributed by atoms with E-state index in [-0.39, 0.29) is 17.5 Å². The summed E-state index contributed by atoms with van der Waals surface area (Å²) in [6, 6.07) is 8.05. The molecule has 0 radical (unpaired) electrons. The van der Waals surface area contributed by atoms with E-state index in [1.165, 1.54) is 24.3 Å². The Hall–Kier alpha value is -2.58. The molecule has 0 atom stereocenters. The summed E-state index contributed by atoms with van der Waals surface area (Å²) in [6.07, 6.45) is 0. The molecule has 8 heteroatoms. The number of ketones is 1. The molecule has 1 N–H and O–H groups in total. The van der Waals surface area contributed by atoms with Gasteiger partial charge < -0.3 is 10.1 Å². The summed E-state index contributed by atoms with van der Waals surface area (Å²) < 4.78 is 19.7. The van der Waals surface area contributed by atoms with Crippen molar-refractivity contribution in [1.29, 1.82) is 0 Å². The number of amides is 1. The summed E-state index contributed by atoms with van der Waals surface area (Å²) in [7, 11) is 0. The van der Waals surface area contributed by atoms with Crippen molar-refractivity contribution in [1.82, 2.24) is 5.32 Å². The lowest BCUT2D eigenvalue weighted by Crippen LogP contribution is -2.18. The lowest BCUT2D eigenvalue weighted by molar-refractivity contribution is -0.119. The maximum Gasteiger partial charge on any atom is 0.349 e. The van der Waals surface area contributed by atoms with Gasteiger partial charge in [-0.05, 0) is 36.8 Å². The van der Waals surface area contributed by atoms with Gasteiger partial charge in [-0.25, -0.2) is 9.18 Å². The number of nitrogens with one attached hydrogen (secondary N) is 1. The Balaban J connectivity index is 1.65. The number of carbonyl (C=O) groups is 3. The highest BCUT2D eigenvalue weighted by Gasteiger charge is 2.20. The number of halogens is 1. The van der Waals surface area contributed by atoms with Crippen molar-refractivity contribution in [2.75, 3.05) is 6.61 Å². The maximum absolute atomic E-state index is 13.9. The molecular weight excluding hydrogens is 389 g/mol. The fourth-order valence-corrected chi connectivity index (χ4v) is 4.54. The minimum Gasteiger partial charge on any atom is -0.453 e. The second-order valence-corrected chi connectivity index (χ2v) is 8.06. The topological polar surface area (TPSA) is 72.5 Å². The smallest absolute Gasteiger partial charge is 0.349 e. The predicted octanol–water partition coefficient (Wildman–Crippen LogP) is 4.09. The first kappa shape index (κ1) is 19.2. The molecule has 1 amide bonds. The molecule has 0 spiro atoms. The Morgan fingerprint density at radius 1 is 1.15 bits per heavy atom. The largest absolute Gasteiger partial charge is 0.453 e. The average Bonchev–Trinajstić information content (AvgIpc) is 3.23. The number of benzene rings is 1. The fourth-order valence-electron chi connectivity index (χ4n) is 2.55. The second kappa shape index (κ2) is 7.98. The number of carbonyl (C=O) groups excluding carboxylic acids is 3. The number of esters is 1. The van der Waals surface area contributed by atoms with Gasteiger partial charge in [0.15, 0.2) is 6.61 Å². The molecule has 3 aromatic rings. The highest BCUT2D eigenvalue weighted by Crippen LogP contribution is 2.33. The first-order valence-corrected chi connectivity index (χ1v) is 9.71. The summed E-state index contributed by atoms with van der Waals surface area (Å²) in [4.78, 5) is 37.1. The number of Topliss-reactive ketones (excluding diaryl/α,β-unsaturated/α-hetero) is 1. The van der Waals surface area contributed by atoms with Crippen LogP contribution in [0.2, 0.25) is 0 Å². The summed E-state index contributed by atoms with van der Waals surface area (Å²) in [6.45, 7) is 3.03. The van der Waals surface area contributed by atoms with Crippen LogP contribution in [-0.4, -0.2) is 24.3 Å². The van der Waals surface area contributed by atoms with Crippen LogP contribution in [-0.2, 0) is 16.1 Å². The average molecular weight is 405 g/mol. The Bertz CT molecular complexity index is 1040. The van der Waals surface area contributed by atoms with Crippen LogP contribution in [0.3, 0.4) is 0 Å². The third kappa shape index (κ3) is 4.23. The van der Waals surface area contributed by atoms with Crippen LogP contribution < -0.4 is 5.32 Å². The monoisotopic (exact) mass is 405 g/mol. The lowest BCUT2D eigenvalue weighted by atomic mass is 10.1. The highest BCUT2D eigenvalue weighted by atomic mass is 32.1. The number of aryl methyl sites for hydroxylation is 1. The van der Waals surface area contributed by atoms with Crippen molar-refractivity contribution in [2.24, 2.45) is 0 Å². The molecule has 0 aliphatic carbocycles. The molecule has 2 aromatic heterocycles. The van der Waals surface area contributed by atoms with Crippen molar-refractivity contribution in [3.05, 3.63) is 56.3 Å². The number of rotatable bonds is 6. The van der Waals surface area contributed by atoms with E-state index in [9.17, 15) is 18.8 Å². The molecule has 5 nitrogen and oxygen atoms in total. The van der Waals surface area contributed by atoms with Crippen molar-refractivity contribution in [3.63, 3.8) is 0 Å². The van der Waals surface area contributed by atoms with Gasteiger partial charge in [-0.3, -0.25) is 9.59 Å². The van der Waals surface area contributed by atoms with Gasteiger partial charge in [-0.1, -0.05) is 6.07 Å². The molecule has 1 aromatic carbocycles. The van der Waals surface area contributed by atoms with E-state index in [0.717, 1.165) is 16.2 Å². The van der Waals surface area contributed by atoms with Crippen molar-refractivity contribution in [3.8, 4) is 0 Å². The highest BCUT2D eigenvalue weighted by molar-refractivity contribution is 7.21. The molecule has 2 heterocycles. The van der Waals surface area contributed by atoms with Crippen LogP contribution in [0, 0.1) is 12.7 Å². The number of ether oxygens (including phenoxy) is 1. The van der Waals surface area contributed by atoms with E-state index < -0.39 is 12.6 Å². The Labute approximate surface area is 162 Å². The zero-order valence-electron chi connectivity index (χ0n) is 14.6. The van der Waals surface area contributed by atoms with E-state index in [4.69, 9.17) is 4.74 Å². The van der Waals surface area contributed by atoms with Crippen LogP contribution in [0.4, 0.5) is 4.39 Å². The molecule has 0 fully saturated rings. The molecule has 0 saturated carbocycles. The van der Waals surface area contributed by atoms with Gasteiger partial charge in [0, 0.05) is 21.9 Å². The lowest BCUT2D eigenvalue weighted by Gasteiger charge is -2.03. The van der Waals surface area contributed by atoms with Gasteiger partial charge >= 0.3 is 5.97 Å². The van der Waals surface area contributed by atoms with Crippen molar-refractivity contribution in [2.45, 2.75) is 20.4 Å². The molecule has 140 valence electrons. The van der Waals surface area contributed by atoms with Gasteiger partial charge in [-0.2, -0.15) is 0 Å². The first-order valence-electron chi connectivity index (χ1n) is 8.08. The minimum absolute atomic E-state index is 0.152. The van der Waals surface area contributed by atoms with E-state index in [1.807, 2.05) is 0 Å². The predicted molar refractivity (Wildman–Crippen MR) is 103 cm³/mol. The van der Waals surface area contributed by atoms with E-state index in [0.29, 0.717) is 31.9 Å². The van der Waals surface area contributed by atoms with Crippen molar-refractivity contribution < 1.29 is 23.5 Å². The van der Waals surface area contributed by atoms with Gasteiger partial charge in [0.2, 0.25) is 11.7 Å². The molecule has 27 heavy (non-hydrogen) atoms. The van der Waals surface area contributed by atoms with E-state index >= 15 is 0 Å². The summed E-state index contributed by atoms with van der Waals surface area (Å²) in [5.41, 5.74) is 0.513. The minimum atomic E-state index is -0.642. The molecule has 0 unspecified atom stereocenters. The Kier molecular flexibility index (Phi) is 5.67. The van der Waals surface area contributed by atoms with Gasteiger partial charge in [0.1, 0.15) is 10.7 Å². The van der Waals surface area contributed by atoms with E-state index in [2.05, 4.69) is 5.32 Å². The summed E-state index contributed by atoms with van der Waals surface area (Å²) >= 11 is 2.38. The third-order valence-electron chi connectivity index (χ3n) is 3.87. The number of thiophene rings is 2. The van der Waals surface area contributed by atoms with Gasteiger partial charge in [0.05, 0.1) is 11.4 Å². The SMILES string of the molecule is CC(=O)NCc1ccc(C(=O)COC(=O)c2sc3cccc(F)c3c2C)s1. The molecular formula is C19H16FNO4S2. The van der Waals surface area contributed by atoms with Gasteiger partial charge in [-0.15, -0.1) is 22.7 Å². The molecule has 3 rings (SSSR count). The van der Waals surface area contributed by atoms with Crippen molar-refractivity contribution >= 4 is 50.4 Å². The first-order chi connectivity index (χ1) is 12.9. The maximum atomic E-state index is 13.9. The van der Waals surface area contributed by atoms with Gasteiger partial charge in [0.25, 0.3) is 0 Å². The van der Waals surface area contributed by atoms with Crippen LogP contribution >= 0.6 is 22.7 Å². The van der Waals surface area contributed by atoms with E-state index in [1.54, 1.807) is 31.2 Å². The molecule has 0 saturated heterocycles. The number of fused-ring (bicyclic) bond motifs is 1.